The molecule has 0 bridgehead atoms. The van der Waals surface area contributed by atoms with Gasteiger partial charge in [-0.05, 0) is 26.0 Å². The lowest BCUT2D eigenvalue weighted by atomic mass is 10.2. The van der Waals surface area contributed by atoms with Crippen LogP contribution in [-0.2, 0) is 17.1 Å². The van der Waals surface area contributed by atoms with Crippen molar-refractivity contribution in [2.45, 2.75) is 18.7 Å². The number of hydrogen-bond donors (Lipinski definition) is 1. The van der Waals surface area contributed by atoms with Gasteiger partial charge in [0.1, 0.15) is 4.90 Å². The van der Waals surface area contributed by atoms with E-state index >= 15 is 0 Å². The molecule has 1 N–H and O–H groups in total. The van der Waals surface area contributed by atoms with Crippen LogP contribution in [0.25, 0.3) is 0 Å². The molecule has 2 rings (SSSR count). The molecule has 0 saturated heterocycles. The summed E-state index contributed by atoms with van der Waals surface area (Å²) < 4.78 is 28.3. The Labute approximate surface area is 107 Å². The van der Waals surface area contributed by atoms with Gasteiger partial charge < -0.3 is 0 Å². The summed E-state index contributed by atoms with van der Waals surface area (Å²) in [4.78, 5) is 0.200. The first kappa shape index (κ1) is 12.6. The Morgan fingerprint density at radius 2 is 1.78 bits per heavy atom. The lowest BCUT2D eigenvalue weighted by Crippen LogP contribution is -2.13. The van der Waals surface area contributed by atoms with Gasteiger partial charge in [-0.1, -0.05) is 17.7 Å². The fourth-order valence-corrected chi connectivity index (χ4v) is 2.95. The second-order valence-corrected chi connectivity index (χ2v) is 5.87. The molecule has 1 aromatic carbocycles. The summed E-state index contributed by atoms with van der Waals surface area (Å²) in [6.45, 7) is 3.62. The zero-order valence-electron chi connectivity index (χ0n) is 10.5. The van der Waals surface area contributed by atoms with E-state index < -0.39 is 10.0 Å². The van der Waals surface area contributed by atoms with Gasteiger partial charge in [0, 0.05) is 18.9 Å². The molecule has 0 aliphatic rings. The molecule has 6 heteroatoms. The Balaban J connectivity index is 2.33. The molecule has 2 aromatic rings. The van der Waals surface area contributed by atoms with E-state index in [1.165, 1.54) is 10.9 Å². The van der Waals surface area contributed by atoms with Crippen molar-refractivity contribution < 1.29 is 8.42 Å². The first-order valence-electron chi connectivity index (χ1n) is 5.48. The average Bonchev–Trinajstić information content (AvgIpc) is 2.62. The maximum atomic E-state index is 12.2. The Hall–Kier alpha value is -1.82. The minimum Gasteiger partial charge on any atom is -0.280 e. The number of sulfonamides is 1. The number of benzene rings is 1. The van der Waals surface area contributed by atoms with Crippen molar-refractivity contribution in [3.63, 3.8) is 0 Å². The van der Waals surface area contributed by atoms with Crippen LogP contribution in [0.5, 0.6) is 0 Å². The number of aromatic nitrogens is 2. The Kier molecular flexibility index (Phi) is 3.13. The van der Waals surface area contributed by atoms with Crippen LogP contribution in [-0.4, -0.2) is 18.2 Å². The molecule has 5 nitrogen and oxygen atoms in total. The van der Waals surface area contributed by atoms with Crippen LogP contribution in [0.2, 0.25) is 0 Å². The van der Waals surface area contributed by atoms with E-state index in [1.54, 1.807) is 26.1 Å². The molecule has 1 heterocycles. The highest BCUT2D eigenvalue weighted by Crippen LogP contribution is 2.18. The number of hydrogen-bond acceptors (Lipinski definition) is 3. The molecule has 0 spiro atoms. The number of anilines is 1. The van der Waals surface area contributed by atoms with Gasteiger partial charge in [-0.2, -0.15) is 5.10 Å². The molecule has 0 amide bonds. The van der Waals surface area contributed by atoms with Crippen LogP contribution in [0.3, 0.4) is 0 Å². The van der Waals surface area contributed by atoms with Crippen LogP contribution in [0.15, 0.2) is 35.4 Å². The predicted octanol–water partition coefficient (Wildman–Crippen LogP) is 1.84. The summed E-state index contributed by atoms with van der Waals surface area (Å²) in [5.74, 6) is 0. The highest BCUT2D eigenvalue weighted by atomic mass is 32.2. The smallest absolute Gasteiger partial charge is 0.265 e. The Bertz CT molecular complexity index is 657. The van der Waals surface area contributed by atoms with Crippen LogP contribution in [0.4, 0.5) is 5.69 Å². The molecular weight excluding hydrogens is 250 g/mol. The van der Waals surface area contributed by atoms with Gasteiger partial charge in [0.25, 0.3) is 10.0 Å². The van der Waals surface area contributed by atoms with E-state index in [2.05, 4.69) is 9.82 Å². The summed E-state index contributed by atoms with van der Waals surface area (Å²) in [5.41, 5.74) is 2.11. The Morgan fingerprint density at radius 3 is 2.28 bits per heavy atom. The van der Waals surface area contributed by atoms with Crippen LogP contribution in [0.1, 0.15) is 11.3 Å². The second-order valence-electron chi connectivity index (χ2n) is 4.22. The number of aryl methyl sites for hydroxylation is 3. The molecule has 18 heavy (non-hydrogen) atoms. The fourth-order valence-electron chi connectivity index (χ4n) is 1.67. The normalized spacial score (nSPS) is 11.5. The largest absolute Gasteiger partial charge is 0.280 e. The molecule has 0 radical (unpaired) electrons. The van der Waals surface area contributed by atoms with E-state index in [0.29, 0.717) is 11.4 Å². The lowest BCUT2D eigenvalue weighted by Gasteiger charge is -2.07. The third-order valence-electron chi connectivity index (χ3n) is 2.56. The average molecular weight is 265 g/mol. The van der Waals surface area contributed by atoms with Gasteiger partial charge in [-0.25, -0.2) is 8.42 Å². The minimum absolute atomic E-state index is 0.200. The van der Waals surface area contributed by atoms with Gasteiger partial charge in [-0.15, -0.1) is 0 Å². The van der Waals surface area contributed by atoms with E-state index in [9.17, 15) is 8.42 Å². The van der Waals surface area contributed by atoms with Crippen molar-refractivity contribution in [2.75, 3.05) is 4.72 Å². The first-order chi connectivity index (χ1) is 8.38. The summed E-state index contributed by atoms with van der Waals surface area (Å²) in [7, 11) is -1.88. The summed E-state index contributed by atoms with van der Waals surface area (Å²) in [6, 6.07) is 7.18. The summed E-state index contributed by atoms with van der Waals surface area (Å²) in [6.07, 6.45) is 1.49. The molecular formula is C12H15N3O2S. The van der Waals surface area contributed by atoms with Crippen molar-refractivity contribution in [3.05, 3.63) is 41.7 Å². The Morgan fingerprint density at radius 1 is 1.17 bits per heavy atom. The zero-order chi connectivity index (χ0) is 13.3. The van der Waals surface area contributed by atoms with Crippen LogP contribution in [0, 0.1) is 13.8 Å². The summed E-state index contributed by atoms with van der Waals surface area (Å²) in [5, 5.41) is 4.03. The third-order valence-corrected chi connectivity index (χ3v) is 4.05. The maximum Gasteiger partial charge on any atom is 0.265 e. The number of nitrogens with zero attached hydrogens (tertiary/aromatic N) is 2. The second kappa shape index (κ2) is 4.45. The van der Waals surface area contributed by atoms with Gasteiger partial charge in [0.15, 0.2) is 0 Å². The predicted molar refractivity (Wildman–Crippen MR) is 69.9 cm³/mol. The molecule has 1 aromatic heterocycles. The first-order valence-corrected chi connectivity index (χ1v) is 6.96. The van der Waals surface area contributed by atoms with Crippen molar-refractivity contribution in [1.29, 1.82) is 0 Å². The van der Waals surface area contributed by atoms with Gasteiger partial charge >= 0.3 is 0 Å². The van der Waals surface area contributed by atoms with Crippen molar-refractivity contribution >= 4 is 15.7 Å². The van der Waals surface area contributed by atoms with E-state index in [-0.39, 0.29) is 4.90 Å². The lowest BCUT2D eigenvalue weighted by molar-refractivity contribution is 0.600. The van der Waals surface area contributed by atoms with Gasteiger partial charge in [-0.3, -0.25) is 9.40 Å². The molecule has 0 fully saturated rings. The standard InChI is InChI=1S/C12H15N3O2S/c1-9-4-6-11(7-5-9)14-18(16,17)12-8-15(3)13-10(12)2/h4-8,14H,1-3H3. The quantitative estimate of drug-likeness (QED) is 0.921. The fraction of sp³-hybridized carbons (Fsp3) is 0.250. The van der Waals surface area contributed by atoms with Crippen LogP contribution >= 0.6 is 0 Å². The van der Waals surface area contributed by atoms with Gasteiger partial charge in [0.05, 0.1) is 5.69 Å². The van der Waals surface area contributed by atoms with Crippen molar-refractivity contribution in [1.82, 2.24) is 9.78 Å². The zero-order valence-corrected chi connectivity index (χ0v) is 11.3. The van der Waals surface area contributed by atoms with Crippen molar-refractivity contribution in [3.8, 4) is 0 Å². The molecule has 0 saturated carbocycles. The number of rotatable bonds is 3. The van der Waals surface area contributed by atoms with Crippen molar-refractivity contribution in [2.24, 2.45) is 7.05 Å². The molecule has 96 valence electrons. The number of nitrogens with one attached hydrogen (secondary N) is 1. The maximum absolute atomic E-state index is 12.2. The van der Waals surface area contributed by atoms with E-state index in [0.717, 1.165) is 5.56 Å². The topological polar surface area (TPSA) is 64.0 Å². The minimum atomic E-state index is -3.57. The molecule has 0 unspecified atom stereocenters. The van der Waals surface area contributed by atoms with Gasteiger partial charge in [0.2, 0.25) is 0 Å². The monoisotopic (exact) mass is 265 g/mol. The molecule has 0 aliphatic carbocycles. The SMILES string of the molecule is Cc1ccc(NS(=O)(=O)c2cn(C)nc2C)cc1. The molecule has 0 aliphatic heterocycles. The molecule has 0 atom stereocenters. The van der Waals surface area contributed by atoms with E-state index in [4.69, 9.17) is 0 Å². The highest BCUT2D eigenvalue weighted by Gasteiger charge is 2.19. The van der Waals surface area contributed by atoms with E-state index in [1.807, 2.05) is 19.1 Å². The third kappa shape index (κ3) is 2.53. The van der Waals surface area contributed by atoms with Crippen LogP contribution < -0.4 is 4.72 Å². The summed E-state index contributed by atoms with van der Waals surface area (Å²) >= 11 is 0. The highest BCUT2D eigenvalue weighted by molar-refractivity contribution is 7.92.